The molecule has 0 amide bonds. The van der Waals surface area contributed by atoms with Gasteiger partial charge in [-0.3, -0.25) is 4.40 Å². The van der Waals surface area contributed by atoms with Crippen LogP contribution < -0.4 is 4.90 Å². The Balaban J connectivity index is 1.59. The zero-order chi connectivity index (χ0) is 15.5. The van der Waals surface area contributed by atoms with Crippen molar-refractivity contribution < 1.29 is 9.13 Å². The van der Waals surface area contributed by atoms with Crippen LogP contribution >= 0.6 is 0 Å². The van der Waals surface area contributed by atoms with E-state index in [1.165, 1.54) is 12.3 Å². The number of fused-ring (bicyclic) bond motifs is 1. The molecule has 2 aromatic rings. The first-order valence-corrected chi connectivity index (χ1v) is 7.65. The van der Waals surface area contributed by atoms with Gasteiger partial charge in [-0.2, -0.15) is 0 Å². The van der Waals surface area contributed by atoms with Gasteiger partial charge in [0.1, 0.15) is 5.82 Å². The first-order valence-electron chi connectivity index (χ1n) is 7.65. The second kappa shape index (κ2) is 6.58. The zero-order valence-electron chi connectivity index (χ0n) is 13.1. The minimum Gasteiger partial charge on any atom is -0.377 e. The van der Waals surface area contributed by atoms with Gasteiger partial charge in [-0.05, 0) is 39.1 Å². The molecule has 0 spiro atoms. The van der Waals surface area contributed by atoms with E-state index in [0.717, 1.165) is 39.1 Å². The van der Waals surface area contributed by atoms with Crippen molar-refractivity contribution in [2.24, 2.45) is 0 Å². The van der Waals surface area contributed by atoms with Crippen LogP contribution in [0.5, 0.6) is 0 Å². The highest BCUT2D eigenvalue weighted by Gasteiger charge is 2.23. The van der Waals surface area contributed by atoms with Crippen LogP contribution in [0, 0.1) is 5.82 Å². The Kier molecular flexibility index (Phi) is 4.54. The molecule has 3 rings (SSSR count). The fourth-order valence-electron chi connectivity index (χ4n) is 2.69. The summed E-state index contributed by atoms with van der Waals surface area (Å²) in [5.74, 6) is 0.427. The topological polar surface area (TPSA) is 45.9 Å². The summed E-state index contributed by atoms with van der Waals surface area (Å²) in [7, 11) is 4.09. The van der Waals surface area contributed by atoms with Gasteiger partial charge < -0.3 is 14.5 Å². The van der Waals surface area contributed by atoms with E-state index < -0.39 is 0 Å². The van der Waals surface area contributed by atoms with Crippen LogP contribution in [-0.4, -0.2) is 65.9 Å². The van der Waals surface area contributed by atoms with Crippen LogP contribution in [0.25, 0.3) is 5.65 Å². The monoisotopic (exact) mass is 307 g/mol. The zero-order valence-corrected chi connectivity index (χ0v) is 13.1. The minimum absolute atomic E-state index is 0.282. The van der Waals surface area contributed by atoms with Gasteiger partial charge in [0.25, 0.3) is 0 Å². The van der Waals surface area contributed by atoms with Crippen molar-refractivity contribution in [1.82, 2.24) is 19.5 Å². The molecule has 1 saturated heterocycles. The molecule has 0 saturated carbocycles. The van der Waals surface area contributed by atoms with Crippen molar-refractivity contribution in [3.8, 4) is 0 Å². The lowest BCUT2D eigenvalue weighted by Crippen LogP contribution is -2.38. The maximum atomic E-state index is 13.4. The summed E-state index contributed by atoms with van der Waals surface area (Å²) in [5.41, 5.74) is 0.667. The number of nitrogens with zero attached hydrogens (tertiary/aromatic N) is 5. The molecule has 0 aliphatic carbocycles. The van der Waals surface area contributed by atoms with E-state index >= 15 is 0 Å². The minimum atomic E-state index is -0.282. The molecule has 0 bridgehead atoms. The average Bonchev–Trinajstić information content (AvgIpc) is 2.90. The summed E-state index contributed by atoms with van der Waals surface area (Å²) in [6.07, 6.45) is 3.65. The van der Waals surface area contributed by atoms with Crippen molar-refractivity contribution in [1.29, 1.82) is 0 Å². The number of halogens is 1. The summed E-state index contributed by atoms with van der Waals surface area (Å²) in [4.78, 5) is 4.26. The standard InChI is InChI=1S/C15H22FN5O/c1-19(2)9-10-22-13-5-7-20(8-6-13)15-18-17-14-4-3-12(16)11-21(14)15/h3-4,11,13H,5-10H2,1-2H3. The number of hydrogen-bond acceptors (Lipinski definition) is 5. The highest BCUT2D eigenvalue weighted by Crippen LogP contribution is 2.20. The molecule has 22 heavy (non-hydrogen) atoms. The molecule has 0 atom stereocenters. The van der Waals surface area contributed by atoms with Crippen molar-refractivity contribution >= 4 is 11.6 Å². The highest BCUT2D eigenvalue weighted by molar-refractivity contribution is 5.46. The van der Waals surface area contributed by atoms with Crippen molar-refractivity contribution in [2.75, 3.05) is 45.2 Å². The second-order valence-corrected chi connectivity index (χ2v) is 5.94. The third-order valence-electron chi connectivity index (χ3n) is 3.97. The molecule has 6 nitrogen and oxygen atoms in total. The number of pyridine rings is 1. The SMILES string of the molecule is CN(C)CCOC1CCN(c2nnc3ccc(F)cn23)CC1. The van der Waals surface area contributed by atoms with E-state index in [9.17, 15) is 4.39 Å². The quantitative estimate of drug-likeness (QED) is 0.836. The average molecular weight is 307 g/mol. The third kappa shape index (κ3) is 3.36. The van der Waals surface area contributed by atoms with Crippen LogP contribution in [0.2, 0.25) is 0 Å². The predicted octanol–water partition coefficient (Wildman–Crippen LogP) is 1.42. The summed E-state index contributed by atoms with van der Waals surface area (Å²) >= 11 is 0. The third-order valence-corrected chi connectivity index (χ3v) is 3.97. The van der Waals surface area contributed by atoms with Gasteiger partial charge in [0.2, 0.25) is 5.95 Å². The van der Waals surface area contributed by atoms with E-state index in [0.29, 0.717) is 17.7 Å². The van der Waals surface area contributed by atoms with Crippen molar-refractivity contribution in [3.05, 3.63) is 24.1 Å². The Bertz CT molecular complexity index is 621. The molecule has 1 fully saturated rings. The van der Waals surface area contributed by atoms with Gasteiger partial charge in [-0.1, -0.05) is 0 Å². The maximum Gasteiger partial charge on any atom is 0.231 e. The smallest absolute Gasteiger partial charge is 0.231 e. The first kappa shape index (κ1) is 15.2. The van der Waals surface area contributed by atoms with Gasteiger partial charge in [-0.25, -0.2) is 4.39 Å². The molecule has 0 aromatic carbocycles. The lowest BCUT2D eigenvalue weighted by atomic mass is 10.1. The van der Waals surface area contributed by atoms with Crippen molar-refractivity contribution in [3.63, 3.8) is 0 Å². The number of rotatable bonds is 5. The maximum absolute atomic E-state index is 13.4. The number of ether oxygens (including phenoxy) is 1. The largest absolute Gasteiger partial charge is 0.377 e. The fourth-order valence-corrected chi connectivity index (χ4v) is 2.69. The fraction of sp³-hybridized carbons (Fsp3) is 0.600. The normalized spacial score (nSPS) is 16.8. The summed E-state index contributed by atoms with van der Waals surface area (Å²) in [6.45, 7) is 3.40. The Morgan fingerprint density at radius 1 is 1.27 bits per heavy atom. The molecule has 7 heteroatoms. The lowest BCUT2D eigenvalue weighted by molar-refractivity contribution is 0.0292. The Hall–Kier alpha value is -1.73. The van der Waals surface area contributed by atoms with Crippen molar-refractivity contribution in [2.45, 2.75) is 18.9 Å². The number of aromatic nitrogens is 3. The molecule has 1 aliphatic rings. The van der Waals surface area contributed by atoms with Gasteiger partial charge >= 0.3 is 0 Å². The van der Waals surface area contributed by atoms with Crippen LogP contribution in [-0.2, 0) is 4.74 Å². The molecular formula is C15H22FN5O. The van der Waals surface area contributed by atoms with Crippen LogP contribution in [0.4, 0.5) is 10.3 Å². The van der Waals surface area contributed by atoms with Gasteiger partial charge in [0, 0.05) is 25.8 Å². The molecule has 1 aliphatic heterocycles. The van der Waals surface area contributed by atoms with E-state index in [1.54, 1.807) is 10.5 Å². The van der Waals surface area contributed by atoms with Gasteiger partial charge in [0.15, 0.2) is 5.65 Å². The Morgan fingerprint density at radius 3 is 2.77 bits per heavy atom. The van der Waals surface area contributed by atoms with E-state index in [2.05, 4.69) is 20.0 Å². The predicted molar refractivity (Wildman–Crippen MR) is 82.7 cm³/mol. The van der Waals surface area contributed by atoms with Crippen LogP contribution in [0.1, 0.15) is 12.8 Å². The number of likely N-dealkylation sites (N-methyl/N-ethyl adjacent to an activating group) is 1. The molecule has 0 unspecified atom stereocenters. The summed E-state index contributed by atoms with van der Waals surface area (Å²) < 4.78 is 21.0. The first-order chi connectivity index (χ1) is 10.6. The van der Waals surface area contributed by atoms with Crippen LogP contribution in [0.15, 0.2) is 18.3 Å². The number of piperidine rings is 1. The number of hydrogen-bond donors (Lipinski definition) is 0. The Labute approximate surface area is 129 Å². The summed E-state index contributed by atoms with van der Waals surface area (Å²) in [5, 5.41) is 8.29. The molecule has 0 N–H and O–H groups in total. The molecule has 0 radical (unpaired) electrons. The van der Waals surface area contributed by atoms with E-state index in [-0.39, 0.29) is 5.82 Å². The lowest BCUT2D eigenvalue weighted by Gasteiger charge is -2.32. The van der Waals surface area contributed by atoms with E-state index in [1.807, 2.05) is 14.1 Å². The highest BCUT2D eigenvalue weighted by atomic mass is 19.1. The van der Waals surface area contributed by atoms with Gasteiger partial charge in [0.05, 0.1) is 12.7 Å². The van der Waals surface area contributed by atoms with Crippen LogP contribution in [0.3, 0.4) is 0 Å². The number of anilines is 1. The Morgan fingerprint density at radius 2 is 2.05 bits per heavy atom. The van der Waals surface area contributed by atoms with Gasteiger partial charge in [-0.15, -0.1) is 10.2 Å². The molecule has 120 valence electrons. The molecule has 2 aromatic heterocycles. The molecule has 3 heterocycles. The molecular weight excluding hydrogens is 285 g/mol. The summed E-state index contributed by atoms with van der Waals surface area (Å²) in [6, 6.07) is 3.04. The van der Waals surface area contributed by atoms with E-state index in [4.69, 9.17) is 4.74 Å². The second-order valence-electron chi connectivity index (χ2n) is 5.94.